The molecule has 0 aliphatic carbocycles. The Morgan fingerprint density at radius 1 is 0.319 bits per heavy atom. The first kappa shape index (κ1) is 39.9. The fourth-order valence-electron chi connectivity index (χ4n) is 11.8. The second kappa shape index (κ2) is 15.9. The SMILES string of the molecule is N#Cc1c(B2c3ccccc3-c3ccccc3-c3ccccc32)c(C#N)c(-c2ccc3c(c2)c2ccccc2n3-c2ccccc2)c(C#N)c1B1c2ccccc2-c2ccccc2-c2ccccc21. The summed E-state index contributed by atoms with van der Waals surface area (Å²) < 4.78 is 2.27. The quantitative estimate of drug-likeness (QED) is 0.165. The van der Waals surface area contributed by atoms with E-state index in [0.29, 0.717) is 33.2 Å². The molecule has 0 amide bonds. The van der Waals surface area contributed by atoms with Gasteiger partial charge < -0.3 is 4.57 Å². The normalized spacial score (nSPS) is 12.0. The zero-order valence-electron chi connectivity index (χ0n) is 37.2. The average molecular weight is 871 g/mol. The van der Waals surface area contributed by atoms with Gasteiger partial charge in [-0.2, -0.15) is 15.8 Å². The molecule has 0 unspecified atom stereocenters. The Labute approximate surface area is 401 Å². The minimum Gasteiger partial charge on any atom is -0.309 e. The van der Waals surface area contributed by atoms with E-state index in [2.05, 4.69) is 223 Å². The van der Waals surface area contributed by atoms with Gasteiger partial charge in [0.15, 0.2) is 0 Å². The van der Waals surface area contributed by atoms with Gasteiger partial charge in [0.05, 0.1) is 40.4 Å². The number of hydrogen-bond donors (Lipinski definition) is 0. The van der Waals surface area contributed by atoms with E-state index >= 15 is 0 Å². The van der Waals surface area contributed by atoms with Crippen molar-refractivity contribution in [1.29, 1.82) is 15.8 Å². The molecule has 0 atom stereocenters. The summed E-state index contributed by atoms with van der Waals surface area (Å²) in [5.41, 5.74) is 18.9. The van der Waals surface area contributed by atoms with Crippen LogP contribution >= 0.6 is 0 Å². The van der Waals surface area contributed by atoms with Crippen LogP contribution in [0.1, 0.15) is 16.7 Å². The molecule has 1 aromatic heterocycles. The summed E-state index contributed by atoms with van der Waals surface area (Å²) in [5.74, 6) is 0. The van der Waals surface area contributed by atoms with Crippen LogP contribution in [0, 0.1) is 34.0 Å². The number of fused-ring (bicyclic) bond motifs is 13. The molecule has 314 valence electrons. The average Bonchev–Trinajstić information content (AvgIpc) is 3.61. The molecule has 3 heterocycles. The number of rotatable bonds is 4. The number of hydrogen-bond acceptors (Lipinski definition) is 3. The summed E-state index contributed by atoms with van der Waals surface area (Å²) in [5, 5.41) is 38.2. The molecule has 2 aliphatic heterocycles. The predicted octanol–water partition coefficient (Wildman–Crippen LogP) is 10.4. The van der Waals surface area contributed by atoms with E-state index < -0.39 is 13.4 Å². The van der Waals surface area contributed by atoms with Crippen molar-refractivity contribution in [3.05, 3.63) is 235 Å². The molecule has 11 aromatic rings. The first-order chi connectivity index (χ1) is 34.2. The lowest BCUT2D eigenvalue weighted by molar-refractivity contribution is 1.18. The van der Waals surface area contributed by atoms with Crippen LogP contribution < -0.4 is 32.8 Å². The van der Waals surface area contributed by atoms with Crippen molar-refractivity contribution >= 4 is 68.0 Å². The summed E-state index contributed by atoms with van der Waals surface area (Å²) in [6.45, 7) is -1.15. The van der Waals surface area contributed by atoms with E-state index in [4.69, 9.17) is 0 Å². The van der Waals surface area contributed by atoms with Crippen molar-refractivity contribution < 1.29 is 0 Å². The van der Waals surface area contributed by atoms with Gasteiger partial charge in [0.25, 0.3) is 0 Å². The maximum atomic E-state index is 12.1. The van der Waals surface area contributed by atoms with Crippen LogP contribution in [0.2, 0.25) is 0 Å². The fourth-order valence-corrected chi connectivity index (χ4v) is 11.8. The van der Waals surface area contributed by atoms with Crippen molar-refractivity contribution in [1.82, 2.24) is 4.57 Å². The highest BCUT2D eigenvalue weighted by atomic mass is 15.0. The number of nitriles is 3. The van der Waals surface area contributed by atoms with Crippen LogP contribution in [0.3, 0.4) is 0 Å². The van der Waals surface area contributed by atoms with Crippen molar-refractivity contribution in [2.24, 2.45) is 0 Å². The predicted molar refractivity (Wildman–Crippen MR) is 284 cm³/mol. The summed E-state index contributed by atoms with van der Waals surface area (Å²) in [4.78, 5) is 0. The van der Waals surface area contributed by atoms with Crippen molar-refractivity contribution in [3.8, 4) is 79.5 Å². The van der Waals surface area contributed by atoms with E-state index in [1.54, 1.807) is 0 Å². The van der Waals surface area contributed by atoms with Gasteiger partial charge in [-0.15, -0.1) is 0 Å². The van der Waals surface area contributed by atoms with Gasteiger partial charge in [0.1, 0.15) is 0 Å². The van der Waals surface area contributed by atoms with Gasteiger partial charge in [-0.1, -0.05) is 210 Å². The van der Waals surface area contributed by atoms with Crippen molar-refractivity contribution in [2.75, 3.05) is 0 Å². The molecule has 0 radical (unpaired) electrons. The minimum atomic E-state index is -0.573. The molecule has 0 saturated carbocycles. The lowest BCUT2D eigenvalue weighted by Crippen LogP contribution is -2.60. The Hall–Kier alpha value is -9.40. The van der Waals surface area contributed by atoms with E-state index in [0.717, 1.165) is 99.4 Å². The second-order valence-electron chi connectivity index (χ2n) is 17.9. The molecule has 0 saturated heterocycles. The third kappa shape index (κ3) is 5.89. The Bertz CT molecular complexity index is 3780. The fraction of sp³-hybridized carbons (Fsp3) is 0. The largest absolute Gasteiger partial charge is 0.309 e. The topological polar surface area (TPSA) is 76.3 Å². The van der Waals surface area contributed by atoms with Gasteiger partial charge in [0.2, 0.25) is 13.4 Å². The van der Waals surface area contributed by atoms with Gasteiger partial charge in [-0.3, -0.25) is 0 Å². The number of benzene rings is 10. The molecule has 69 heavy (non-hydrogen) atoms. The van der Waals surface area contributed by atoms with Crippen molar-refractivity contribution in [3.63, 3.8) is 0 Å². The third-order valence-corrected chi connectivity index (χ3v) is 14.6. The molecule has 0 bridgehead atoms. The molecule has 2 aliphatic rings. The summed E-state index contributed by atoms with van der Waals surface area (Å²) in [7, 11) is 0. The highest BCUT2D eigenvalue weighted by Crippen LogP contribution is 2.40. The molecular formula is C63H36B2N4. The maximum Gasteiger partial charge on any atom is 0.246 e. The maximum absolute atomic E-state index is 12.1. The monoisotopic (exact) mass is 870 g/mol. The van der Waals surface area contributed by atoms with Crippen LogP contribution in [0.25, 0.3) is 83.1 Å². The van der Waals surface area contributed by atoms with E-state index in [1.807, 2.05) is 18.2 Å². The summed E-state index contributed by atoms with van der Waals surface area (Å²) >= 11 is 0. The molecule has 0 N–H and O–H groups in total. The molecular weight excluding hydrogens is 834 g/mol. The van der Waals surface area contributed by atoms with Crippen molar-refractivity contribution in [2.45, 2.75) is 0 Å². The molecule has 13 rings (SSSR count). The van der Waals surface area contributed by atoms with Gasteiger partial charge >= 0.3 is 0 Å². The first-order valence-corrected chi connectivity index (χ1v) is 23.3. The molecule has 0 fully saturated rings. The van der Waals surface area contributed by atoms with Crippen LogP contribution in [0.5, 0.6) is 0 Å². The highest BCUT2D eigenvalue weighted by Gasteiger charge is 2.42. The standard InChI is InChI=1S/C63H36B2N4/c66-37-52-61(40-34-35-60-51(36-40)50-28-12-17-33-59(50)69(60)41-18-2-1-3-19-41)53(38-67)63(65-57-31-15-10-26-48(57)44-22-6-7-23-45(44)49-27-11-16-32-58(49)65)54(39-68)62(52)64-55-29-13-8-24-46(55)42-20-4-5-21-43(42)47-25-9-14-30-56(47)64/h1-36H. The molecule has 0 spiro atoms. The highest BCUT2D eigenvalue weighted by molar-refractivity contribution is 7.01. The summed E-state index contributed by atoms with van der Waals surface area (Å²) in [6.07, 6.45) is 0. The van der Waals surface area contributed by atoms with Gasteiger partial charge in [-0.25, -0.2) is 0 Å². The summed E-state index contributed by atoms with van der Waals surface area (Å²) in [6, 6.07) is 83.9. The van der Waals surface area contributed by atoms with Gasteiger partial charge in [0, 0.05) is 27.6 Å². The van der Waals surface area contributed by atoms with E-state index in [9.17, 15) is 15.8 Å². The number of aromatic nitrogens is 1. The van der Waals surface area contributed by atoms with Gasteiger partial charge in [-0.05, 0) is 91.3 Å². The number of nitrogens with zero attached hydrogens (tertiary/aromatic N) is 4. The van der Waals surface area contributed by atoms with Crippen LogP contribution in [-0.4, -0.2) is 18.0 Å². The zero-order valence-corrected chi connectivity index (χ0v) is 37.2. The third-order valence-electron chi connectivity index (χ3n) is 14.6. The molecule has 10 aromatic carbocycles. The van der Waals surface area contributed by atoms with E-state index in [-0.39, 0.29) is 0 Å². The number of para-hydroxylation sites is 2. The Balaban J connectivity index is 1.22. The molecule has 6 heteroatoms. The second-order valence-corrected chi connectivity index (χ2v) is 17.9. The Morgan fingerprint density at radius 2 is 0.681 bits per heavy atom. The van der Waals surface area contributed by atoms with Crippen LogP contribution in [0.15, 0.2) is 218 Å². The lowest BCUT2D eigenvalue weighted by atomic mass is 9.30. The van der Waals surface area contributed by atoms with Crippen LogP contribution in [0.4, 0.5) is 0 Å². The lowest BCUT2D eigenvalue weighted by Gasteiger charge is -2.28. The van der Waals surface area contributed by atoms with Crippen LogP contribution in [-0.2, 0) is 0 Å². The first-order valence-electron chi connectivity index (χ1n) is 23.3. The molecule has 4 nitrogen and oxygen atoms in total. The Kier molecular flexibility index (Phi) is 9.20. The smallest absolute Gasteiger partial charge is 0.246 e. The van der Waals surface area contributed by atoms with E-state index in [1.165, 1.54) is 0 Å². The minimum absolute atomic E-state index is 0.317. The zero-order chi connectivity index (χ0) is 46.2. The Morgan fingerprint density at radius 3 is 1.12 bits per heavy atom.